The minimum absolute atomic E-state index is 0.00562. The maximum absolute atomic E-state index is 14.4. The Bertz CT molecular complexity index is 1920. The summed E-state index contributed by atoms with van der Waals surface area (Å²) in [5.41, 5.74) is -3.17. The van der Waals surface area contributed by atoms with Crippen LogP contribution in [0.3, 0.4) is 0 Å². The minimum atomic E-state index is -1.50. The molecule has 5 amide bonds. The van der Waals surface area contributed by atoms with Crippen LogP contribution in [0.4, 0.5) is 25.4 Å². The van der Waals surface area contributed by atoms with Crippen LogP contribution in [0.25, 0.3) is 0 Å². The Morgan fingerprint density at radius 1 is 1.02 bits per heavy atom. The summed E-state index contributed by atoms with van der Waals surface area (Å²) >= 11 is 0. The number of carbonyl (C=O) groups excluding carboxylic acids is 5. The van der Waals surface area contributed by atoms with Crippen molar-refractivity contribution in [3.63, 3.8) is 0 Å². The van der Waals surface area contributed by atoms with Gasteiger partial charge >= 0.3 is 12.2 Å². The fraction of sp³-hybridized carbons (Fsp3) is 0.541. The zero-order chi connectivity index (χ0) is 38.2. The van der Waals surface area contributed by atoms with Crippen molar-refractivity contribution in [2.24, 2.45) is 5.92 Å². The van der Waals surface area contributed by atoms with Gasteiger partial charge in [0, 0.05) is 31.5 Å². The molecule has 0 bridgehead atoms. The smallest absolute Gasteiger partial charge is 0.410 e. The molecule has 2 aromatic rings. The second-order valence-electron chi connectivity index (χ2n) is 15.1. The van der Waals surface area contributed by atoms with Crippen LogP contribution in [0.1, 0.15) is 76.8 Å². The number of hydrogen-bond acceptors (Lipinski definition) is 10. The van der Waals surface area contributed by atoms with Crippen LogP contribution in [0.5, 0.6) is 0 Å². The van der Waals surface area contributed by atoms with E-state index in [9.17, 15) is 38.0 Å². The Labute approximate surface area is 305 Å². The quantitative estimate of drug-likeness (QED) is 0.262. The number of ether oxygens (including phenoxy) is 2. The SMILES string of the molecule is CNc1c(NC(=O)[C@@]23C[C@H]2/C=C\CCCCC[C@H](NC(=O)OC(C)(C)C)C(=O)N2C[C@H](OC(=O)N4Cc5cccc(F)c5C4)C[C@H]2C(=O)N3)c(=O)c1=O. The molecule has 5 atom stereocenters. The number of nitrogens with one attached hydrogen (secondary N) is 4. The number of amides is 5. The third kappa shape index (κ3) is 7.76. The lowest BCUT2D eigenvalue weighted by molar-refractivity contribution is -0.141. The standard InChI is InChI=1S/C37H45FN6O9/c1-36(2,3)53-34(50)40-25-14-9-7-5-6-8-12-21-16-37(21,33(49)41-28-27(39-4)29(45)30(28)46)42-31(47)26-15-22(18-44(26)32(25)48)52-35(51)43-17-20-11-10-13-24(38)23(20)19-43/h8,10-13,21-22,25-26,39H,5-7,9,14-19H2,1-4H3,(H,40,50)(H,41,49)(H,42,47)/b12-8-/t21-,22-,25+,26+,37-/m1/s1. The molecule has 0 unspecified atom stereocenters. The molecule has 0 radical (unpaired) electrons. The van der Waals surface area contributed by atoms with Crippen LogP contribution < -0.4 is 32.1 Å². The second kappa shape index (κ2) is 14.6. The first-order valence-corrected chi connectivity index (χ1v) is 17.9. The Kier molecular flexibility index (Phi) is 10.3. The molecule has 2 fully saturated rings. The molecule has 3 heterocycles. The van der Waals surface area contributed by atoms with Gasteiger partial charge in [0.1, 0.15) is 46.5 Å². The molecule has 0 spiro atoms. The molecule has 0 aromatic heterocycles. The van der Waals surface area contributed by atoms with E-state index in [1.54, 1.807) is 32.9 Å². The number of anilines is 2. The Balaban J connectivity index is 1.26. The first-order valence-electron chi connectivity index (χ1n) is 17.9. The van der Waals surface area contributed by atoms with Gasteiger partial charge in [0.05, 0.1) is 13.1 Å². The fourth-order valence-corrected chi connectivity index (χ4v) is 7.32. The van der Waals surface area contributed by atoms with Gasteiger partial charge in [0.25, 0.3) is 16.8 Å². The van der Waals surface area contributed by atoms with E-state index in [-0.39, 0.29) is 50.3 Å². The van der Waals surface area contributed by atoms with Gasteiger partial charge < -0.3 is 35.6 Å². The zero-order valence-electron chi connectivity index (χ0n) is 30.2. The number of hydrogen-bond donors (Lipinski definition) is 4. The molecule has 6 rings (SSSR count). The van der Waals surface area contributed by atoms with Crippen LogP contribution in [0.15, 0.2) is 39.9 Å². The molecular formula is C37H45FN6O9. The van der Waals surface area contributed by atoms with Crippen LogP contribution in [-0.2, 0) is 36.9 Å². The van der Waals surface area contributed by atoms with E-state index in [1.807, 2.05) is 12.2 Å². The summed E-state index contributed by atoms with van der Waals surface area (Å²) in [7, 11) is 1.44. The summed E-state index contributed by atoms with van der Waals surface area (Å²) in [4.78, 5) is 95.5. The van der Waals surface area contributed by atoms with Crippen molar-refractivity contribution < 1.29 is 37.8 Å². The lowest BCUT2D eigenvalue weighted by Gasteiger charge is -2.30. The molecule has 1 saturated heterocycles. The summed E-state index contributed by atoms with van der Waals surface area (Å²) in [6, 6.07) is 2.29. The Hall–Kier alpha value is -5.28. The summed E-state index contributed by atoms with van der Waals surface area (Å²) < 4.78 is 25.7. The molecule has 2 aromatic carbocycles. The predicted molar refractivity (Wildman–Crippen MR) is 190 cm³/mol. The average molecular weight is 737 g/mol. The Morgan fingerprint density at radius 3 is 2.49 bits per heavy atom. The topological polar surface area (TPSA) is 193 Å². The van der Waals surface area contributed by atoms with E-state index in [4.69, 9.17) is 9.47 Å². The third-order valence-electron chi connectivity index (χ3n) is 10.2. The normalized spacial score (nSPS) is 26.6. The maximum atomic E-state index is 14.4. The van der Waals surface area contributed by atoms with Crippen LogP contribution >= 0.6 is 0 Å². The van der Waals surface area contributed by atoms with Crippen molar-refractivity contribution in [1.82, 2.24) is 20.4 Å². The van der Waals surface area contributed by atoms with E-state index in [0.717, 1.165) is 12.8 Å². The van der Waals surface area contributed by atoms with E-state index < -0.39 is 81.8 Å². The number of alkyl carbamates (subject to hydrolysis) is 1. The molecule has 1 aliphatic carbocycles. The van der Waals surface area contributed by atoms with Crippen molar-refractivity contribution in [2.45, 2.75) is 108 Å². The molecule has 1 saturated carbocycles. The van der Waals surface area contributed by atoms with Crippen molar-refractivity contribution in [3.05, 3.63) is 67.7 Å². The molecular weight excluding hydrogens is 691 g/mol. The van der Waals surface area contributed by atoms with Gasteiger partial charge in [0.15, 0.2) is 0 Å². The maximum Gasteiger partial charge on any atom is 0.410 e. The van der Waals surface area contributed by atoms with E-state index in [2.05, 4.69) is 21.3 Å². The highest BCUT2D eigenvalue weighted by Crippen LogP contribution is 2.46. The van der Waals surface area contributed by atoms with Crippen LogP contribution in [-0.4, -0.2) is 82.6 Å². The van der Waals surface area contributed by atoms with Crippen LogP contribution in [0, 0.1) is 11.7 Å². The number of rotatable bonds is 5. The monoisotopic (exact) mass is 736 g/mol. The fourth-order valence-electron chi connectivity index (χ4n) is 7.32. The van der Waals surface area contributed by atoms with Crippen molar-refractivity contribution in [3.8, 4) is 0 Å². The highest BCUT2D eigenvalue weighted by molar-refractivity contribution is 6.06. The number of fused-ring (bicyclic) bond motifs is 3. The van der Waals surface area contributed by atoms with Gasteiger partial charge in [0.2, 0.25) is 11.8 Å². The molecule has 4 N–H and O–H groups in total. The summed E-state index contributed by atoms with van der Waals surface area (Å²) in [6.07, 6.45) is 4.27. The highest BCUT2D eigenvalue weighted by Gasteiger charge is 2.61. The predicted octanol–water partition coefficient (Wildman–Crippen LogP) is 2.81. The van der Waals surface area contributed by atoms with E-state index in [0.29, 0.717) is 24.0 Å². The van der Waals surface area contributed by atoms with Gasteiger partial charge in [-0.05, 0) is 58.1 Å². The molecule has 53 heavy (non-hydrogen) atoms. The first-order chi connectivity index (χ1) is 25.1. The van der Waals surface area contributed by atoms with Crippen molar-refractivity contribution in [1.29, 1.82) is 0 Å². The summed E-state index contributed by atoms with van der Waals surface area (Å²) in [6.45, 7) is 5.00. The van der Waals surface area contributed by atoms with Crippen molar-refractivity contribution in [2.75, 3.05) is 24.2 Å². The lowest BCUT2D eigenvalue weighted by Crippen LogP contribution is -2.57. The lowest BCUT2D eigenvalue weighted by atomic mass is 10.0. The van der Waals surface area contributed by atoms with Gasteiger partial charge in [-0.2, -0.15) is 0 Å². The minimum Gasteiger partial charge on any atom is -0.444 e. The van der Waals surface area contributed by atoms with Gasteiger partial charge in [-0.15, -0.1) is 0 Å². The first kappa shape index (κ1) is 37.5. The van der Waals surface area contributed by atoms with Crippen LogP contribution in [0.2, 0.25) is 0 Å². The van der Waals surface area contributed by atoms with E-state index >= 15 is 0 Å². The van der Waals surface area contributed by atoms with E-state index in [1.165, 1.54) is 22.9 Å². The average Bonchev–Trinajstić information content (AvgIpc) is 3.39. The van der Waals surface area contributed by atoms with Gasteiger partial charge in [-0.25, -0.2) is 14.0 Å². The molecule has 15 nitrogen and oxygen atoms in total. The largest absolute Gasteiger partial charge is 0.444 e. The molecule has 16 heteroatoms. The summed E-state index contributed by atoms with van der Waals surface area (Å²) in [5.74, 6) is -2.88. The highest BCUT2D eigenvalue weighted by atomic mass is 19.1. The van der Waals surface area contributed by atoms with Gasteiger partial charge in [-0.3, -0.25) is 28.9 Å². The second-order valence-corrected chi connectivity index (χ2v) is 15.1. The Morgan fingerprint density at radius 2 is 1.77 bits per heavy atom. The number of halogens is 1. The number of nitrogens with zero attached hydrogens (tertiary/aromatic N) is 2. The third-order valence-corrected chi connectivity index (χ3v) is 10.2. The number of allylic oxidation sites excluding steroid dienone is 1. The molecule has 284 valence electrons. The summed E-state index contributed by atoms with van der Waals surface area (Å²) in [5, 5.41) is 10.6. The van der Waals surface area contributed by atoms with Gasteiger partial charge in [-0.1, -0.05) is 37.1 Å². The van der Waals surface area contributed by atoms with Crippen molar-refractivity contribution >= 4 is 41.3 Å². The number of carbonyl (C=O) groups is 5. The number of benzene rings is 1. The molecule has 4 aliphatic rings. The molecule has 3 aliphatic heterocycles. The zero-order valence-corrected chi connectivity index (χ0v) is 30.2.